The molecule has 5 heteroatoms. The molecular weight excluding hydrogens is 182 g/mol. The van der Waals surface area contributed by atoms with Crippen LogP contribution in [0.2, 0.25) is 0 Å². The zero-order valence-electron chi connectivity index (χ0n) is 8.09. The van der Waals surface area contributed by atoms with Gasteiger partial charge in [-0.2, -0.15) is 0 Å². The Morgan fingerprint density at radius 2 is 2.14 bits per heavy atom. The molecule has 1 atom stereocenters. The van der Waals surface area contributed by atoms with Crippen molar-refractivity contribution in [3.63, 3.8) is 0 Å². The summed E-state index contributed by atoms with van der Waals surface area (Å²) in [6.07, 6.45) is 6.24. The van der Waals surface area contributed by atoms with Crippen molar-refractivity contribution in [1.82, 2.24) is 0 Å². The fourth-order valence-corrected chi connectivity index (χ4v) is 2.00. The molecule has 1 aliphatic rings. The summed E-state index contributed by atoms with van der Waals surface area (Å²) < 4.78 is 0. The van der Waals surface area contributed by atoms with E-state index < -0.39 is 12.0 Å². The lowest BCUT2D eigenvalue weighted by Crippen LogP contribution is -2.22. The standard InChI is InChI=1S/C9H15N3O2/c10-12-11-8(9(13)14)6-7-4-2-1-3-5-7/h7-8H,1-6H2,(H,13,14). The molecule has 14 heavy (non-hydrogen) atoms. The number of carboxylic acid groups (broad SMARTS) is 1. The second-order valence-corrected chi connectivity index (χ2v) is 3.80. The van der Waals surface area contributed by atoms with E-state index >= 15 is 0 Å². The maximum atomic E-state index is 10.7. The molecule has 0 saturated heterocycles. The van der Waals surface area contributed by atoms with Crippen LogP contribution in [-0.4, -0.2) is 17.1 Å². The molecule has 1 N–H and O–H groups in total. The number of aliphatic carboxylic acids is 1. The summed E-state index contributed by atoms with van der Waals surface area (Å²) in [4.78, 5) is 13.3. The van der Waals surface area contributed by atoms with E-state index in [-0.39, 0.29) is 0 Å². The molecule has 0 bridgehead atoms. The summed E-state index contributed by atoms with van der Waals surface area (Å²) in [5.41, 5.74) is 8.21. The SMILES string of the molecule is [N-]=[N+]=NC(CC1CCCCC1)C(=O)O. The Hall–Kier alpha value is -1.22. The summed E-state index contributed by atoms with van der Waals surface area (Å²) in [6, 6.07) is -0.872. The van der Waals surface area contributed by atoms with Crippen molar-refractivity contribution in [1.29, 1.82) is 0 Å². The molecule has 0 aromatic carbocycles. The fourth-order valence-electron chi connectivity index (χ4n) is 2.00. The van der Waals surface area contributed by atoms with Gasteiger partial charge in [0.15, 0.2) is 0 Å². The van der Waals surface area contributed by atoms with Gasteiger partial charge in [-0.25, -0.2) is 0 Å². The number of hydrogen-bond donors (Lipinski definition) is 1. The van der Waals surface area contributed by atoms with Crippen molar-refractivity contribution in [3.8, 4) is 0 Å². The molecule has 0 amide bonds. The quantitative estimate of drug-likeness (QED) is 0.426. The summed E-state index contributed by atoms with van der Waals surface area (Å²) in [5, 5.41) is 12.1. The highest BCUT2D eigenvalue weighted by Gasteiger charge is 2.22. The van der Waals surface area contributed by atoms with Crippen LogP contribution in [0.1, 0.15) is 38.5 Å². The highest BCUT2D eigenvalue weighted by molar-refractivity contribution is 5.73. The fraction of sp³-hybridized carbons (Fsp3) is 0.889. The van der Waals surface area contributed by atoms with Gasteiger partial charge in [0.05, 0.1) is 0 Å². The van der Waals surface area contributed by atoms with Crippen molar-refractivity contribution in [2.24, 2.45) is 11.0 Å². The zero-order chi connectivity index (χ0) is 10.4. The first kappa shape index (κ1) is 10.9. The number of azide groups is 1. The van der Waals surface area contributed by atoms with E-state index in [0.717, 1.165) is 12.8 Å². The molecule has 1 unspecified atom stereocenters. The largest absolute Gasteiger partial charge is 0.481 e. The maximum absolute atomic E-state index is 10.7. The van der Waals surface area contributed by atoms with E-state index in [4.69, 9.17) is 10.6 Å². The number of carboxylic acids is 1. The Bertz CT molecular complexity index is 240. The van der Waals surface area contributed by atoms with Gasteiger partial charge in [-0.05, 0) is 17.9 Å². The summed E-state index contributed by atoms with van der Waals surface area (Å²) in [5.74, 6) is -0.580. The number of rotatable bonds is 4. The van der Waals surface area contributed by atoms with E-state index in [1.54, 1.807) is 0 Å². The molecule has 1 aliphatic carbocycles. The Balaban J connectivity index is 2.45. The van der Waals surface area contributed by atoms with Gasteiger partial charge in [0.2, 0.25) is 0 Å². The molecule has 0 aliphatic heterocycles. The van der Waals surface area contributed by atoms with E-state index in [2.05, 4.69) is 10.0 Å². The maximum Gasteiger partial charge on any atom is 0.312 e. The van der Waals surface area contributed by atoms with Crippen LogP contribution in [0.15, 0.2) is 5.11 Å². The van der Waals surface area contributed by atoms with Gasteiger partial charge in [-0.3, -0.25) is 4.79 Å². The highest BCUT2D eigenvalue weighted by Crippen LogP contribution is 2.28. The summed E-state index contributed by atoms with van der Waals surface area (Å²) >= 11 is 0. The van der Waals surface area contributed by atoms with E-state index in [9.17, 15) is 4.79 Å². The lowest BCUT2D eigenvalue weighted by atomic mass is 9.85. The molecule has 1 fully saturated rings. The Labute approximate surface area is 82.7 Å². The van der Waals surface area contributed by atoms with Crippen molar-refractivity contribution in [2.45, 2.75) is 44.6 Å². The minimum absolute atomic E-state index is 0.426. The molecular formula is C9H15N3O2. The smallest absolute Gasteiger partial charge is 0.312 e. The third-order valence-electron chi connectivity index (χ3n) is 2.76. The first-order valence-corrected chi connectivity index (χ1v) is 5.01. The van der Waals surface area contributed by atoms with Crippen LogP contribution in [0, 0.1) is 5.92 Å². The van der Waals surface area contributed by atoms with Gasteiger partial charge < -0.3 is 5.11 Å². The minimum Gasteiger partial charge on any atom is -0.481 e. The molecule has 0 heterocycles. The first-order chi connectivity index (χ1) is 6.74. The molecule has 1 rings (SSSR count). The van der Waals surface area contributed by atoms with Crippen LogP contribution in [-0.2, 0) is 4.79 Å². The lowest BCUT2D eigenvalue weighted by Gasteiger charge is -2.22. The van der Waals surface area contributed by atoms with Crippen LogP contribution in [0.3, 0.4) is 0 Å². The van der Waals surface area contributed by atoms with Gasteiger partial charge >= 0.3 is 5.97 Å². The van der Waals surface area contributed by atoms with Crippen LogP contribution >= 0.6 is 0 Å². The zero-order valence-corrected chi connectivity index (χ0v) is 8.09. The van der Waals surface area contributed by atoms with Crippen molar-refractivity contribution >= 4 is 5.97 Å². The van der Waals surface area contributed by atoms with Crippen LogP contribution in [0.5, 0.6) is 0 Å². The summed E-state index contributed by atoms with van der Waals surface area (Å²) in [6.45, 7) is 0. The molecule has 0 aromatic heterocycles. The second kappa shape index (κ2) is 5.50. The van der Waals surface area contributed by atoms with Crippen LogP contribution in [0.4, 0.5) is 0 Å². The van der Waals surface area contributed by atoms with Crippen molar-refractivity contribution < 1.29 is 9.90 Å². The van der Waals surface area contributed by atoms with E-state index in [0.29, 0.717) is 12.3 Å². The first-order valence-electron chi connectivity index (χ1n) is 5.01. The summed E-state index contributed by atoms with van der Waals surface area (Å²) in [7, 11) is 0. The van der Waals surface area contributed by atoms with Gasteiger partial charge in [0.25, 0.3) is 0 Å². The van der Waals surface area contributed by atoms with E-state index in [1.165, 1.54) is 19.3 Å². The molecule has 78 valence electrons. The molecule has 1 saturated carbocycles. The highest BCUT2D eigenvalue weighted by atomic mass is 16.4. The van der Waals surface area contributed by atoms with Gasteiger partial charge in [-0.1, -0.05) is 37.2 Å². The van der Waals surface area contributed by atoms with Gasteiger partial charge in [0, 0.05) is 4.91 Å². The predicted octanol–water partition coefficient (Wildman–Crippen LogP) is 2.72. The molecule has 5 nitrogen and oxygen atoms in total. The second-order valence-electron chi connectivity index (χ2n) is 3.80. The van der Waals surface area contributed by atoms with Crippen molar-refractivity contribution in [3.05, 3.63) is 10.4 Å². The number of hydrogen-bond acceptors (Lipinski definition) is 2. The monoisotopic (exact) mass is 197 g/mol. The molecule has 0 spiro atoms. The Morgan fingerprint density at radius 1 is 1.50 bits per heavy atom. The van der Waals surface area contributed by atoms with Crippen LogP contribution < -0.4 is 0 Å². The molecule has 0 aromatic rings. The third-order valence-corrected chi connectivity index (χ3v) is 2.76. The predicted molar refractivity (Wildman–Crippen MR) is 51.8 cm³/mol. The van der Waals surface area contributed by atoms with Gasteiger partial charge in [-0.15, -0.1) is 0 Å². The minimum atomic E-state index is -1.01. The third kappa shape index (κ3) is 3.26. The average molecular weight is 197 g/mol. The van der Waals surface area contributed by atoms with Gasteiger partial charge in [0.1, 0.15) is 6.04 Å². The Kier molecular flexibility index (Phi) is 4.26. The lowest BCUT2D eigenvalue weighted by molar-refractivity contribution is -0.139. The topological polar surface area (TPSA) is 86.1 Å². The number of nitrogens with zero attached hydrogens (tertiary/aromatic N) is 3. The van der Waals surface area contributed by atoms with Crippen molar-refractivity contribution in [2.75, 3.05) is 0 Å². The molecule has 0 radical (unpaired) electrons. The number of carbonyl (C=O) groups is 1. The Morgan fingerprint density at radius 3 is 2.64 bits per heavy atom. The normalized spacial score (nSPS) is 19.7. The van der Waals surface area contributed by atoms with E-state index in [1.807, 2.05) is 0 Å². The van der Waals surface area contributed by atoms with Crippen LogP contribution in [0.25, 0.3) is 10.4 Å². The average Bonchev–Trinajstić information content (AvgIpc) is 2.18.